The van der Waals surface area contributed by atoms with Crippen LogP contribution in [0.1, 0.15) is 30.0 Å². The van der Waals surface area contributed by atoms with Crippen LogP contribution in [0.25, 0.3) is 0 Å². The first-order valence-corrected chi connectivity index (χ1v) is 10.3. The van der Waals surface area contributed by atoms with Crippen molar-refractivity contribution in [2.75, 3.05) is 18.1 Å². The molecule has 6 rings (SSSR count). The topological polar surface area (TPSA) is 18.8 Å². The van der Waals surface area contributed by atoms with E-state index >= 15 is 0 Å². The lowest BCUT2D eigenvalue weighted by Gasteiger charge is -2.46. The van der Waals surface area contributed by atoms with Gasteiger partial charge >= 0.3 is 6.18 Å². The van der Waals surface area contributed by atoms with Gasteiger partial charge in [0, 0.05) is 10.9 Å². The van der Waals surface area contributed by atoms with Crippen molar-refractivity contribution in [3.8, 4) is 0 Å². The number of rotatable bonds is 2. The van der Waals surface area contributed by atoms with Gasteiger partial charge in [-0.15, -0.1) is 0 Å². The van der Waals surface area contributed by atoms with Crippen molar-refractivity contribution < 1.29 is 13.2 Å². The summed E-state index contributed by atoms with van der Waals surface area (Å²) in [5.74, 6) is 0.407. The Morgan fingerprint density at radius 3 is 2.28 bits per heavy atom. The Morgan fingerprint density at radius 1 is 0.931 bits per heavy atom. The standard InChI is InChI=1S/C21H18Cl2F3N3/c22-15-5-6-16(23)17(11-15)29-19(13-1-3-14(4-2-13)21(24,25)26)20-18(27-29)12-7-9-28(20)10-8-12/h1-6,11-12,19-20H,7-10H2/t19-,20-/m0/s1. The number of fused-ring (bicyclic) bond motifs is 2. The highest BCUT2D eigenvalue weighted by Crippen LogP contribution is 2.47. The summed E-state index contributed by atoms with van der Waals surface area (Å²) in [6, 6.07) is 10.4. The predicted octanol–water partition coefficient (Wildman–Crippen LogP) is 6.02. The molecule has 29 heavy (non-hydrogen) atoms. The van der Waals surface area contributed by atoms with Crippen LogP contribution >= 0.6 is 23.2 Å². The van der Waals surface area contributed by atoms with Crippen molar-refractivity contribution in [3.05, 3.63) is 63.6 Å². The normalized spacial score (nSPS) is 28.4. The third-order valence-corrected chi connectivity index (χ3v) is 6.72. The lowest BCUT2D eigenvalue weighted by Crippen LogP contribution is -2.56. The van der Waals surface area contributed by atoms with Crippen molar-refractivity contribution in [2.24, 2.45) is 11.0 Å². The van der Waals surface area contributed by atoms with Gasteiger partial charge in [0.15, 0.2) is 0 Å². The molecule has 3 nitrogen and oxygen atoms in total. The van der Waals surface area contributed by atoms with Crippen LogP contribution in [0.5, 0.6) is 0 Å². The first kappa shape index (κ1) is 19.2. The Morgan fingerprint density at radius 2 is 1.62 bits per heavy atom. The number of piperidine rings is 3. The molecule has 4 aliphatic heterocycles. The Kier molecular flexibility index (Phi) is 4.57. The number of alkyl halides is 3. The molecule has 2 aromatic rings. The molecule has 4 aliphatic rings. The summed E-state index contributed by atoms with van der Waals surface area (Å²) in [5.41, 5.74) is 1.90. The maximum Gasteiger partial charge on any atom is 0.416 e. The van der Waals surface area contributed by atoms with Gasteiger partial charge in [-0.3, -0.25) is 9.91 Å². The molecule has 0 unspecified atom stereocenters. The third-order valence-electron chi connectivity index (χ3n) is 6.16. The molecule has 0 aliphatic carbocycles. The van der Waals surface area contributed by atoms with Gasteiger partial charge in [-0.1, -0.05) is 35.3 Å². The zero-order valence-corrected chi connectivity index (χ0v) is 16.8. The average molecular weight is 440 g/mol. The zero-order valence-electron chi connectivity index (χ0n) is 15.3. The van der Waals surface area contributed by atoms with Gasteiger partial charge in [0.05, 0.1) is 34.1 Å². The van der Waals surface area contributed by atoms with Crippen LogP contribution in [-0.2, 0) is 6.18 Å². The van der Waals surface area contributed by atoms with Crippen LogP contribution < -0.4 is 5.01 Å². The van der Waals surface area contributed by atoms with Gasteiger partial charge in [0.1, 0.15) is 0 Å². The van der Waals surface area contributed by atoms with E-state index in [1.54, 1.807) is 30.3 Å². The number of anilines is 1. The Balaban J connectivity index is 1.61. The second kappa shape index (κ2) is 6.89. The van der Waals surface area contributed by atoms with E-state index in [1.807, 2.05) is 5.01 Å². The van der Waals surface area contributed by atoms with E-state index in [0.29, 0.717) is 21.7 Å². The smallest absolute Gasteiger partial charge is 0.293 e. The maximum absolute atomic E-state index is 13.1. The van der Waals surface area contributed by atoms with Crippen molar-refractivity contribution in [2.45, 2.75) is 31.1 Å². The number of halogens is 5. The maximum atomic E-state index is 13.1. The summed E-state index contributed by atoms with van der Waals surface area (Å²) in [6.07, 6.45) is -2.24. The van der Waals surface area contributed by atoms with Crippen molar-refractivity contribution in [1.29, 1.82) is 0 Å². The van der Waals surface area contributed by atoms with Gasteiger partial charge in [-0.05, 0) is 61.8 Å². The molecule has 0 amide bonds. The minimum Gasteiger partial charge on any atom is -0.293 e. The van der Waals surface area contributed by atoms with Crippen LogP contribution in [0.3, 0.4) is 0 Å². The second-order valence-corrected chi connectivity index (χ2v) is 8.63. The molecule has 0 aromatic heterocycles. The molecule has 4 heterocycles. The van der Waals surface area contributed by atoms with Crippen molar-refractivity contribution in [1.82, 2.24) is 4.90 Å². The molecule has 0 saturated carbocycles. The highest BCUT2D eigenvalue weighted by molar-refractivity contribution is 6.35. The van der Waals surface area contributed by atoms with Crippen molar-refractivity contribution >= 4 is 34.6 Å². The second-order valence-electron chi connectivity index (χ2n) is 7.78. The number of benzene rings is 2. The summed E-state index contributed by atoms with van der Waals surface area (Å²) in [4.78, 5) is 2.39. The Hall–Kier alpha value is -1.76. The van der Waals surface area contributed by atoms with Gasteiger partial charge in [0.25, 0.3) is 0 Å². The van der Waals surface area contributed by atoms with E-state index < -0.39 is 11.7 Å². The first-order chi connectivity index (χ1) is 13.8. The summed E-state index contributed by atoms with van der Waals surface area (Å²) in [5, 5.41) is 7.84. The van der Waals surface area contributed by atoms with Crippen molar-refractivity contribution in [3.63, 3.8) is 0 Å². The van der Waals surface area contributed by atoms with E-state index in [2.05, 4.69) is 4.90 Å². The summed E-state index contributed by atoms with van der Waals surface area (Å²) in [7, 11) is 0. The van der Waals surface area contributed by atoms with E-state index in [4.69, 9.17) is 28.3 Å². The van der Waals surface area contributed by atoms with Crippen LogP contribution in [0.2, 0.25) is 10.0 Å². The van der Waals surface area contributed by atoms with Gasteiger partial charge in [-0.25, -0.2) is 0 Å². The fourth-order valence-corrected chi connectivity index (χ4v) is 5.15. The minimum atomic E-state index is -4.36. The lowest BCUT2D eigenvalue weighted by atomic mass is 9.78. The van der Waals surface area contributed by atoms with Crippen LogP contribution in [0, 0.1) is 5.92 Å². The zero-order chi connectivity index (χ0) is 20.3. The molecular weight excluding hydrogens is 422 g/mol. The monoisotopic (exact) mass is 439 g/mol. The molecule has 2 atom stereocenters. The average Bonchev–Trinajstić information content (AvgIpc) is 3.12. The molecule has 0 N–H and O–H groups in total. The highest BCUT2D eigenvalue weighted by Gasteiger charge is 2.50. The van der Waals surface area contributed by atoms with Crippen LogP contribution in [-0.4, -0.2) is 29.7 Å². The molecule has 0 radical (unpaired) electrons. The fraction of sp³-hybridized carbons (Fsp3) is 0.381. The SMILES string of the molecule is FC(F)(F)c1ccc([C@H]2[C@@H]3C(=NN2c2cc(Cl)ccc2Cl)C2CCN3CC2)cc1. The quantitative estimate of drug-likeness (QED) is 0.569. The number of hydrogen-bond acceptors (Lipinski definition) is 3. The summed E-state index contributed by atoms with van der Waals surface area (Å²) >= 11 is 12.7. The number of hydrogen-bond donors (Lipinski definition) is 0. The molecule has 3 saturated heterocycles. The molecule has 3 fully saturated rings. The summed E-state index contributed by atoms with van der Waals surface area (Å²) < 4.78 is 39.2. The predicted molar refractivity (Wildman–Crippen MR) is 109 cm³/mol. The third kappa shape index (κ3) is 3.22. The molecule has 2 aromatic carbocycles. The van der Waals surface area contributed by atoms with Gasteiger partial charge in [-0.2, -0.15) is 18.3 Å². The Labute approximate surface area is 176 Å². The Bertz CT molecular complexity index is 966. The van der Waals surface area contributed by atoms with Crippen LogP contribution in [0.4, 0.5) is 18.9 Å². The number of hydrazone groups is 1. The van der Waals surface area contributed by atoms with Crippen LogP contribution in [0.15, 0.2) is 47.6 Å². The fourth-order valence-electron chi connectivity index (χ4n) is 4.78. The highest BCUT2D eigenvalue weighted by atomic mass is 35.5. The largest absolute Gasteiger partial charge is 0.416 e. The molecule has 2 bridgehead atoms. The minimum absolute atomic E-state index is 0.0364. The van der Waals surface area contributed by atoms with Gasteiger partial charge in [0.2, 0.25) is 0 Å². The molecular formula is C21H18Cl2F3N3. The molecule has 152 valence electrons. The number of nitrogens with zero attached hydrogens (tertiary/aromatic N) is 3. The van der Waals surface area contributed by atoms with E-state index in [1.165, 1.54) is 0 Å². The summed E-state index contributed by atoms with van der Waals surface area (Å²) in [6.45, 7) is 1.95. The van der Waals surface area contributed by atoms with E-state index in [-0.39, 0.29) is 12.1 Å². The molecule has 0 spiro atoms. The van der Waals surface area contributed by atoms with E-state index in [0.717, 1.165) is 49.3 Å². The lowest BCUT2D eigenvalue weighted by molar-refractivity contribution is -0.137. The molecule has 8 heteroatoms. The van der Waals surface area contributed by atoms with E-state index in [9.17, 15) is 13.2 Å². The first-order valence-electron chi connectivity index (χ1n) is 9.57. The van der Waals surface area contributed by atoms with Gasteiger partial charge < -0.3 is 0 Å².